The van der Waals surface area contributed by atoms with Gasteiger partial charge in [0.05, 0.1) is 18.7 Å². The fourth-order valence-corrected chi connectivity index (χ4v) is 2.46. The third kappa shape index (κ3) is 2.61. The van der Waals surface area contributed by atoms with Crippen LogP contribution in [0.5, 0.6) is 5.75 Å². The number of hydrogen-bond acceptors (Lipinski definition) is 1. The van der Waals surface area contributed by atoms with Crippen LogP contribution in [0.3, 0.4) is 0 Å². The zero-order valence-corrected chi connectivity index (χ0v) is 11.6. The van der Waals surface area contributed by atoms with Crippen molar-refractivity contribution in [1.29, 1.82) is 0 Å². The second-order valence-electron chi connectivity index (χ2n) is 4.80. The molecular weight excluding hydrogens is 272 g/mol. The fraction of sp³-hybridized carbons (Fsp3) is 0.176. The third-order valence-corrected chi connectivity index (χ3v) is 3.42. The number of benzene rings is 2. The molecule has 0 amide bonds. The predicted molar refractivity (Wildman–Crippen MR) is 78.6 cm³/mol. The van der Waals surface area contributed by atoms with Gasteiger partial charge in [0, 0.05) is 17.1 Å². The van der Waals surface area contributed by atoms with Gasteiger partial charge in [0.25, 0.3) is 0 Å². The lowest BCUT2D eigenvalue weighted by Gasteiger charge is -2.09. The highest BCUT2D eigenvalue weighted by atomic mass is 19.1. The molecule has 0 radical (unpaired) electrons. The summed E-state index contributed by atoms with van der Waals surface area (Å²) in [6.45, 7) is 2.80. The second kappa shape index (κ2) is 5.56. The van der Waals surface area contributed by atoms with Crippen LogP contribution in [0.1, 0.15) is 12.5 Å². The summed E-state index contributed by atoms with van der Waals surface area (Å²) in [6.07, 6.45) is 1.86. The minimum Gasteiger partial charge on any atom is -0.493 e. The van der Waals surface area contributed by atoms with Gasteiger partial charge in [0.15, 0.2) is 0 Å². The van der Waals surface area contributed by atoms with Crippen LogP contribution in [0.2, 0.25) is 0 Å². The molecule has 3 rings (SSSR count). The van der Waals surface area contributed by atoms with Gasteiger partial charge in [-0.2, -0.15) is 0 Å². The maximum Gasteiger partial charge on any atom is 0.128 e. The number of ether oxygens (including phenoxy) is 1. The molecule has 1 aromatic heterocycles. The Balaban J connectivity index is 2.01. The Hall–Kier alpha value is -2.36. The minimum atomic E-state index is -0.433. The Kier molecular flexibility index (Phi) is 3.60. The van der Waals surface area contributed by atoms with Crippen LogP contribution < -0.4 is 4.74 Å². The first-order chi connectivity index (χ1) is 10.2. The van der Waals surface area contributed by atoms with E-state index in [1.165, 1.54) is 6.07 Å². The predicted octanol–water partition coefficient (Wildman–Crippen LogP) is 4.37. The van der Waals surface area contributed by atoms with E-state index in [2.05, 4.69) is 0 Å². The summed E-state index contributed by atoms with van der Waals surface area (Å²) in [4.78, 5) is 0. The molecule has 2 aromatic carbocycles. The standard InChI is InChI=1S/C17H15F2NO/c1-2-21-17-5-3-4-16-14(17)8-9-20(16)11-12-10-13(18)6-7-15(12)19/h3-10H,2,11H2,1H3. The monoisotopic (exact) mass is 287 g/mol. The molecule has 0 N–H and O–H groups in total. The van der Waals surface area contributed by atoms with Crippen LogP contribution in [0.4, 0.5) is 8.78 Å². The van der Waals surface area contributed by atoms with Gasteiger partial charge in [0.2, 0.25) is 0 Å². The molecule has 0 aliphatic heterocycles. The first-order valence-corrected chi connectivity index (χ1v) is 6.83. The largest absolute Gasteiger partial charge is 0.493 e. The summed E-state index contributed by atoms with van der Waals surface area (Å²) in [5, 5.41) is 0.969. The molecule has 21 heavy (non-hydrogen) atoms. The highest BCUT2D eigenvalue weighted by Crippen LogP contribution is 2.27. The van der Waals surface area contributed by atoms with Crippen molar-refractivity contribution in [2.24, 2.45) is 0 Å². The quantitative estimate of drug-likeness (QED) is 0.695. The minimum absolute atomic E-state index is 0.280. The van der Waals surface area contributed by atoms with Crippen LogP contribution in [0.25, 0.3) is 10.9 Å². The number of rotatable bonds is 4. The molecule has 0 bridgehead atoms. The molecule has 4 heteroatoms. The van der Waals surface area contributed by atoms with Crippen molar-refractivity contribution in [2.45, 2.75) is 13.5 Å². The average Bonchev–Trinajstić information content (AvgIpc) is 2.88. The van der Waals surface area contributed by atoms with E-state index in [1.54, 1.807) is 0 Å². The lowest BCUT2D eigenvalue weighted by atomic mass is 10.2. The van der Waals surface area contributed by atoms with Gasteiger partial charge in [-0.05, 0) is 43.3 Å². The number of fused-ring (bicyclic) bond motifs is 1. The van der Waals surface area contributed by atoms with Crippen molar-refractivity contribution in [2.75, 3.05) is 6.61 Å². The molecule has 1 heterocycles. The highest BCUT2D eigenvalue weighted by molar-refractivity contribution is 5.86. The summed E-state index contributed by atoms with van der Waals surface area (Å²) >= 11 is 0. The molecule has 0 aliphatic rings. The summed E-state index contributed by atoms with van der Waals surface area (Å²) in [5.74, 6) is -0.0365. The van der Waals surface area contributed by atoms with Crippen molar-refractivity contribution in [3.8, 4) is 5.75 Å². The van der Waals surface area contributed by atoms with Gasteiger partial charge >= 0.3 is 0 Å². The summed E-state index contributed by atoms with van der Waals surface area (Å²) in [6, 6.07) is 11.2. The smallest absolute Gasteiger partial charge is 0.128 e. The van der Waals surface area contributed by atoms with Gasteiger partial charge in [-0.1, -0.05) is 6.07 Å². The van der Waals surface area contributed by atoms with Crippen molar-refractivity contribution in [3.63, 3.8) is 0 Å². The third-order valence-electron chi connectivity index (χ3n) is 3.42. The highest BCUT2D eigenvalue weighted by Gasteiger charge is 2.09. The number of hydrogen-bond donors (Lipinski definition) is 0. The Morgan fingerprint density at radius 1 is 1.10 bits per heavy atom. The molecule has 0 spiro atoms. The average molecular weight is 287 g/mol. The van der Waals surface area contributed by atoms with E-state index in [1.807, 2.05) is 42.0 Å². The van der Waals surface area contributed by atoms with E-state index in [0.717, 1.165) is 28.8 Å². The summed E-state index contributed by atoms with van der Waals surface area (Å²) < 4.78 is 34.5. The van der Waals surface area contributed by atoms with Crippen LogP contribution in [-0.4, -0.2) is 11.2 Å². The molecule has 2 nitrogen and oxygen atoms in total. The van der Waals surface area contributed by atoms with Crippen molar-refractivity contribution in [1.82, 2.24) is 4.57 Å². The van der Waals surface area contributed by atoms with E-state index < -0.39 is 11.6 Å². The van der Waals surface area contributed by atoms with E-state index in [9.17, 15) is 8.78 Å². The Labute approximate surface area is 121 Å². The van der Waals surface area contributed by atoms with E-state index in [4.69, 9.17) is 4.74 Å². The molecule has 0 saturated carbocycles. The van der Waals surface area contributed by atoms with Gasteiger partial charge in [-0.25, -0.2) is 8.78 Å². The summed E-state index contributed by atoms with van der Waals surface area (Å²) in [7, 11) is 0. The van der Waals surface area contributed by atoms with Gasteiger partial charge in [-0.3, -0.25) is 0 Å². The maximum absolute atomic E-state index is 13.8. The zero-order valence-electron chi connectivity index (χ0n) is 11.6. The van der Waals surface area contributed by atoms with Gasteiger partial charge in [-0.15, -0.1) is 0 Å². The summed E-state index contributed by atoms with van der Waals surface area (Å²) in [5.41, 5.74) is 1.26. The molecule has 108 valence electrons. The molecule has 0 unspecified atom stereocenters. The first-order valence-electron chi connectivity index (χ1n) is 6.83. The normalized spacial score (nSPS) is 11.0. The first kappa shape index (κ1) is 13.6. The maximum atomic E-state index is 13.8. The Morgan fingerprint density at radius 2 is 1.95 bits per heavy atom. The second-order valence-corrected chi connectivity index (χ2v) is 4.80. The van der Waals surface area contributed by atoms with Crippen LogP contribution in [0, 0.1) is 11.6 Å². The van der Waals surface area contributed by atoms with Crippen molar-refractivity contribution < 1.29 is 13.5 Å². The zero-order chi connectivity index (χ0) is 14.8. The molecular formula is C17H15F2NO. The SMILES string of the molecule is CCOc1cccc2c1ccn2Cc1cc(F)ccc1F. The molecule has 0 atom stereocenters. The number of halogens is 2. The van der Waals surface area contributed by atoms with Crippen molar-refractivity contribution >= 4 is 10.9 Å². The molecule has 0 fully saturated rings. The molecule has 0 saturated heterocycles. The Morgan fingerprint density at radius 3 is 2.76 bits per heavy atom. The van der Waals surface area contributed by atoms with E-state index >= 15 is 0 Å². The van der Waals surface area contributed by atoms with E-state index in [-0.39, 0.29) is 6.54 Å². The van der Waals surface area contributed by atoms with Crippen LogP contribution >= 0.6 is 0 Å². The van der Waals surface area contributed by atoms with E-state index in [0.29, 0.717) is 12.2 Å². The lowest BCUT2D eigenvalue weighted by molar-refractivity contribution is 0.344. The van der Waals surface area contributed by atoms with Crippen LogP contribution in [-0.2, 0) is 6.54 Å². The van der Waals surface area contributed by atoms with Gasteiger partial charge < -0.3 is 9.30 Å². The van der Waals surface area contributed by atoms with Gasteiger partial charge in [0.1, 0.15) is 17.4 Å². The molecule has 0 aliphatic carbocycles. The topological polar surface area (TPSA) is 14.2 Å². The lowest BCUT2D eigenvalue weighted by Crippen LogP contribution is -2.01. The van der Waals surface area contributed by atoms with Crippen LogP contribution in [0.15, 0.2) is 48.7 Å². The van der Waals surface area contributed by atoms with Crippen molar-refractivity contribution in [3.05, 3.63) is 65.9 Å². The fourth-order valence-electron chi connectivity index (χ4n) is 2.46. The number of nitrogens with zero attached hydrogens (tertiary/aromatic N) is 1. The molecule has 3 aromatic rings. The number of aromatic nitrogens is 1. The Bertz CT molecular complexity index is 780.